The molecule has 2 heterocycles. The van der Waals surface area contributed by atoms with Crippen molar-refractivity contribution < 1.29 is 9.32 Å². The zero-order chi connectivity index (χ0) is 13.7. The van der Waals surface area contributed by atoms with E-state index in [2.05, 4.69) is 22.0 Å². The molecular formula is C13H20N4O2. The standard InChI is InChI=1S/C13H20N4O2/c1-3-7-14-13(18)17-8-5-6-10(9-17)12-15-11(4-2)19-16-12/h3,10H,1,4-9H2,2H3,(H,14,18). The Kier molecular flexibility index (Phi) is 4.54. The lowest BCUT2D eigenvalue weighted by Gasteiger charge is -2.31. The van der Waals surface area contributed by atoms with Gasteiger partial charge >= 0.3 is 6.03 Å². The molecule has 1 aliphatic heterocycles. The van der Waals surface area contributed by atoms with Gasteiger partial charge in [-0.3, -0.25) is 0 Å². The average Bonchev–Trinajstić information content (AvgIpc) is 2.94. The number of likely N-dealkylation sites (tertiary alicyclic amines) is 1. The van der Waals surface area contributed by atoms with Gasteiger partial charge in [-0.05, 0) is 12.8 Å². The highest BCUT2D eigenvalue weighted by atomic mass is 16.5. The van der Waals surface area contributed by atoms with Crippen LogP contribution in [0.4, 0.5) is 4.79 Å². The summed E-state index contributed by atoms with van der Waals surface area (Å²) in [5, 5.41) is 6.80. The van der Waals surface area contributed by atoms with Gasteiger partial charge in [-0.15, -0.1) is 6.58 Å². The quantitative estimate of drug-likeness (QED) is 0.840. The number of piperidine rings is 1. The summed E-state index contributed by atoms with van der Waals surface area (Å²) < 4.78 is 5.13. The lowest BCUT2D eigenvalue weighted by Crippen LogP contribution is -2.45. The number of carbonyl (C=O) groups is 1. The third-order valence-corrected chi connectivity index (χ3v) is 3.26. The number of hydrogen-bond acceptors (Lipinski definition) is 4. The smallest absolute Gasteiger partial charge is 0.317 e. The molecule has 0 aliphatic carbocycles. The molecule has 6 nitrogen and oxygen atoms in total. The van der Waals surface area contributed by atoms with Gasteiger partial charge in [0.25, 0.3) is 0 Å². The number of amides is 2. The van der Waals surface area contributed by atoms with E-state index in [9.17, 15) is 4.79 Å². The molecule has 1 aromatic heterocycles. The van der Waals surface area contributed by atoms with E-state index in [0.29, 0.717) is 19.0 Å². The van der Waals surface area contributed by atoms with Crippen molar-refractivity contribution >= 4 is 6.03 Å². The van der Waals surface area contributed by atoms with E-state index in [4.69, 9.17) is 4.52 Å². The van der Waals surface area contributed by atoms with Gasteiger partial charge in [0.1, 0.15) is 0 Å². The summed E-state index contributed by atoms with van der Waals surface area (Å²) in [6.45, 7) is 7.47. The van der Waals surface area contributed by atoms with Gasteiger partial charge in [-0.25, -0.2) is 4.79 Å². The first-order valence-electron chi connectivity index (χ1n) is 6.70. The molecule has 0 spiro atoms. The molecule has 2 rings (SSSR count). The maximum atomic E-state index is 11.9. The van der Waals surface area contributed by atoms with Crippen molar-refractivity contribution in [2.45, 2.75) is 32.1 Å². The Labute approximate surface area is 112 Å². The molecule has 0 aromatic carbocycles. The van der Waals surface area contributed by atoms with Gasteiger partial charge in [-0.2, -0.15) is 4.98 Å². The number of nitrogens with one attached hydrogen (secondary N) is 1. The molecule has 1 aromatic rings. The molecule has 1 saturated heterocycles. The Balaban J connectivity index is 1.96. The minimum Gasteiger partial charge on any atom is -0.339 e. The summed E-state index contributed by atoms with van der Waals surface area (Å²) in [6, 6.07) is -0.0520. The fraction of sp³-hybridized carbons (Fsp3) is 0.615. The molecule has 104 valence electrons. The Morgan fingerprint density at radius 3 is 3.21 bits per heavy atom. The van der Waals surface area contributed by atoms with E-state index < -0.39 is 0 Å². The Bertz CT molecular complexity index is 444. The topological polar surface area (TPSA) is 71.3 Å². The molecule has 1 N–H and O–H groups in total. The van der Waals surface area contributed by atoms with Crippen molar-refractivity contribution in [3.63, 3.8) is 0 Å². The molecule has 2 amide bonds. The van der Waals surface area contributed by atoms with E-state index in [1.54, 1.807) is 11.0 Å². The molecule has 1 fully saturated rings. The van der Waals surface area contributed by atoms with Gasteiger partial charge in [0.05, 0.1) is 0 Å². The number of nitrogens with zero attached hydrogens (tertiary/aromatic N) is 3. The van der Waals surface area contributed by atoms with Crippen molar-refractivity contribution in [2.75, 3.05) is 19.6 Å². The Morgan fingerprint density at radius 2 is 2.53 bits per heavy atom. The number of rotatable bonds is 4. The van der Waals surface area contributed by atoms with E-state index in [1.807, 2.05) is 6.92 Å². The first-order chi connectivity index (χ1) is 9.24. The summed E-state index contributed by atoms with van der Waals surface area (Å²) in [5.74, 6) is 1.55. The number of aryl methyl sites for hydroxylation is 1. The second-order valence-corrected chi connectivity index (χ2v) is 4.66. The van der Waals surface area contributed by atoms with Gasteiger partial charge in [0.15, 0.2) is 5.82 Å². The highest BCUT2D eigenvalue weighted by Gasteiger charge is 2.27. The molecule has 19 heavy (non-hydrogen) atoms. The van der Waals surface area contributed by atoms with Crippen LogP contribution in [-0.2, 0) is 6.42 Å². The number of urea groups is 1. The maximum absolute atomic E-state index is 11.9. The lowest BCUT2D eigenvalue weighted by molar-refractivity contribution is 0.178. The van der Waals surface area contributed by atoms with E-state index in [-0.39, 0.29) is 11.9 Å². The lowest BCUT2D eigenvalue weighted by atomic mass is 9.98. The van der Waals surface area contributed by atoms with Crippen LogP contribution in [0.1, 0.15) is 37.4 Å². The van der Waals surface area contributed by atoms with Crippen LogP contribution < -0.4 is 5.32 Å². The Hall–Kier alpha value is -1.85. The predicted octanol–water partition coefficient (Wildman–Crippen LogP) is 1.71. The molecule has 1 unspecified atom stereocenters. The molecule has 1 atom stereocenters. The van der Waals surface area contributed by atoms with Crippen molar-refractivity contribution in [1.29, 1.82) is 0 Å². The zero-order valence-corrected chi connectivity index (χ0v) is 11.3. The minimum atomic E-state index is -0.0520. The number of carbonyl (C=O) groups excluding carboxylic acids is 1. The SMILES string of the molecule is C=CCNC(=O)N1CCCC(c2noc(CC)n2)C1. The second kappa shape index (κ2) is 6.36. The molecule has 1 aliphatic rings. The number of hydrogen-bond donors (Lipinski definition) is 1. The van der Waals surface area contributed by atoms with E-state index in [0.717, 1.165) is 31.6 Å². The monoisotopic (exact) mass is 264 g/mol. The third kappa shape index (κ3) is 3.33. The van der Waals surface area contributed by atoms with Crippen molar-refractivity contribution in [3.8, 4) is 0 Å². The van der Waals surface area contributed by atoms with Crippen LogP contribution in [0.2, 0.25) is 0 Å². The first kappa shape index (κ1) is 13.6. The largest absolute Gasteiger partial charge is 0.339 e. The fourth-order valence-corrected chi connectivity index (χ4v) is 2.22. The van der Waals surface area contributed by atoms with Crippen molar-refractivity contribution in [1.82, 2.24) is 20.4 Å². The zero-order valence-electron chi connectivity index (χ0n) is 11.3. The average molecular weight is 264 g/mol. The van der Waals surface area contributed by atoms with Crippen LogP contribution in [0.3, 0.4) is 0 Å². The molecular weight excluding hydrogens is 244 g/mol. The van der Waals surface area contributed by atoms with Crippen molar-refractivity contribution in [2.24, 2.45) is 0 Å². The summed E-state index contributed by atoms with van der Waals surface area (Å²) in [7, 11) is 0. The second-order valence-electron chi connectivity index (χ2n) is 4.66. The first-order valence-corrected chi connectivity index (χ1v) is 6.70. The molecule has 0 saturated carbocycles. The molecule has 6 heteroatoms. The molecule has 0 radical (unpaired) electrons. The van der Waals surface area contributed by atoms with Crippen LogP contribution in [-0.4, -0.2) is 40.7 Å². The summed E-state index contributed by atoms with van der Waals surface area (Å²) >= 11 is 0. The van der Waals surface area contributed by atoms with Gasteiger partial charge in [0, 0.05) is 32.0 Å². The minimum absolute atomic E-state index is 0.0520. The molecule has 0 bridgehead atoms. The third-order valence-electron chi connectivity index (χ3n) is 3.26. The van der Waals surface area contributed by atoms with Crippen LogP contribution >= 0.6 is 0 Å². The predicted molar refractivity (Wildman–Crippen MR) is 70.8 cm³/mol. The van der Waals surface area contributed by atoms with E-state index >= 15 is 0 Å². The van der Waals surface area contributed by atoms with Gasteiger partial charge in [0.2, 0.25) is 5.89 Å². The van der Waals surface area contributed by atoms with Crippen LogP contribution in [0, 0.1) is 0 Å². The summed E-state index contributed by atoms with van der Waals surface area (Å²) in [4.78, 5) is 18.1. The summed E-state index contributed by atoms with van der Waals surface area (Å²) in [5.41, 5.74) is 0. The maximum Gasteiger partial charge on any atom is 0.317 e. The van der Waals surface area contributed by atoms with E-state index in [1.165, 1.54) is 0 Å². The Morgan fingerprint density at radius 1 is 1.68 bits per heavy atom. The van der Waals surface area contributed by atoms with Crippen molar-refractivity contribution in [3.05, 3.63) is 24.4 Å². The van der Waals surface area contributed by atoms with Crippen LogP contribution in [0.15, 0.2) is 17.2 Å². The van der Waals surface area contributed by atoms with Crippen LogP contribution in [0.5, 0.6) is 0 Å². The van der Waals surface area contributed by atoms with Crippen LogP contribution in [0.25, 0.3) is 0 Å². The number of aromatic nitrogens is 2. The normalized spacial score (nSPS) is 19.2. The summed E-state index contributed by atoms with van der Waals surface area (Å²) in [6.07, 6.45) is 4.37. The van der Waals surface area contributed by atoms with Gasteiger partial charge in [-0.1, -0.05) is 18.2 Å². The highest BCUT2D eigenvalue weighted by Crippen LogP contribution is 2.24. The van der Waals surface area contributed by atoms with Gasteiger partial charge < -0.3 is 14.7 Å². The highest BCUT2D eigenvalue weighted by molar-refractivity contribution is 5.74. The fourth-order valence-electron chi connectivity index (χ4n) is 2.22.